The maximum atomic E-state index is 13.9. The minimum Gasteiger partial charge on any atom is -0.369 e. The number of likely N-dealkylation sites (N-methyl/N-ethyl adjacent to an activating group) is 1. The van der Waals surface area contributed by atoms with Gasteiger partial charge in [0.2, 0.25) is 11.8 Å². The zero-order valence-corrected chi connectivity index (χ0v) is 20.2. The molecule has 0 spiro atoms. The molecule has 0 aromatic heterocycles. The van der Waals surface area contributed by atoms with E-state index in [4.69, 9.17) is 16.5 Å². The molecule has 8 heteroatoms. The summed E-state index contributed by atoms with van der Waals surface area (Å²) in [6.07, 6.45) is 1.61. The Labute approximate surface area is 204 Å². The molecule has 0 fully saturated rings. The Kier molecular flexibility index (Phi) is 7.53. The van der Waals surface area contributed by atoms with Crippen LogP contribution in [0.2, 0.25) is 0 Å². The molecule has 1 aliphatic heterocycles. The predicted octanol–water partition coefficient (Wildman–Crippen LogP) is 3.20. The largest absolute Gasteiger partial charge is 0.369 e. The smallest absolute Gasteiger partial charge is 0.252 e. The van der Waals surface area contributed by atoms with E-state index >= 15 is 0 Å². The standard InChI is InChI=1S/C27H31FN4O3/c1-5-14-27(26(30)35,20(24(29)33)15-16(2)3)23-25(34)32(4)21-9-7-6-8-19(21)22(31-23)17-10-12-18(28)13-11-17/h5-13,16,20,23H,1,14-15H2,2-4H3,(H2,29,33)(H2,30,35). The summed E-state index contributed by atoms with van der Waals surface area (Å²) in [6.45, 7) is 7.54. The topological polar surface area (TPSA) is 119 Å². The molecule has 184 valence electrons. The van der Waals surface area contributed by atoms with Crippen LogP contribution in [0.5, 0.6) is 0 Å². The maximum absolute atomic E-state index is 13.9. The Morgan fingerprint density at radius 3 is 2.34 bits per heavy atom. The zero-order chi connectivity index (χ0) is 25.9. The number of benzene rings is 2. The summed E-state index contributed by atoms with van der Waals surface area (Å²) >= 11 is 0. The number of rotatable bonds is 9. The van der Waals surface area contributed by atoms with Crippen LogP contribution in [-0.4, -0.2) is 36.5 Å². The van der Waals surface area contributed by atoms with Crippen molar-refractivity contribution in [2.24, 2.45) is 33.7 Å². The molecule has 35 heavy (non-hydrogen) atoms. The molecule has 0 saturated heterocycles. The Morgan fingerprint density at radius 2 is 1.80 bits per heavy atom. The first-order valence-corrected chi connectivity index (χ1v) is 11.4. The van der Waals surface area contributed by atoms with Crippen molar-refractivity contribution in [2.75, 3.05) is 11.9 Å². The fourth-order valence-electron chi connectivity index (χ4n) is 4.84. The fraction of sp³-hybridized carbons (Fsp3) is 0.333. The number of nitrogens with two attached hydrogens (primary N) is 2. The number of carbonyl (C=O) groups excluding carboxylic acids is 3. The number of anilines is 1. The van der Waals surface area contributed by atoms with Crippen molar-refractivity contribution in [1.29, 1.82) is 0 Å². The van der Waals surface area contributed by atoms with Crippen LogP contribution in [0.3, 0.4) is 0 Å². The summed E-state index contributed by atoms with van der Waals surface area (Å²) in [4.78, 5) is 46.2. The number of aliphatic imine (C=N–C) groups is 1. The summed E-state index contributed by atoms with van der Waals surface area (Å²) in [6, 6.07) is 11.5. The van der Waals surface area contributed by atoms with Crippen molar-refractivity contribution >= 4 is 29.1 Å². The molecule has 7 nitrogen and oxygen atoms in total. The van der Waals surface area contributed by atoms with Gasteiger partial charge in [-0.25, -0.2) is 4.39 Å². The van der Waals surface area contributed by atoms with Gasteiger partial charge in [-0.3, -0.25) is 19.4 Å². The van der Waals surface area contributed by atoms with Crippen LogP contribution in [-0.2, 0) is 14.4 Å². The molecular weight excluding hydrogens is 447 g/mol. The van der Waals surface area contributed by atoms with Crippen molar-refractivity contribution in [3.05, 3.63) is 78.1 Å². The number of fused-ring (bicyclic) bond motifs is 1. The van der Waals surface area contributed by atoms with Crippen LogP contribution in [0.25, 0.3) is 0 Å². The zero-order valence-electron chi connectivity index (χ0n) is 20.2. The number of nitrogens with zero attached hydrogens (tertiary/aromatic N) is 2. The highest BCUT2D eigenvalue weighted by atomic mass is 19.1. The van der Waals surface area contributed by atoms with Crippen LogP contribution >= 0.6 is 0 Å². The first kappa shape index (κ1) is 25.8. The molecule has 2 aromatic carbocycles. The van der Waals surface area contributed by atoms with Gasteiger partial charge in [0.1, 0.15) is 11.9 Å². The lowest BCUT2D eigenvalue weighted by atomic mass is 9.64. The number of hydrogen-bond donors (Lipinski definition) is 2. The molecule has 3 atom stereocenters. The average molecular weight is 479 g/mol. The molecule has 0 radical (unpaired) electrons. The molecule has 2 aromatic rings. The number of para-hydroxylation sites is 1. The van der Waals surface area contributed by atoms with Crippen LogP contribution in [0.15, 0.2) is 66.2 Å². The van der Waals surface area contributed by atoms with Gasteiger partial charge in [0.15, 0.2) is 0 Å². The van der Waals surface area contributed by atoms with Gasteiger partial charge < -0.3 is 16.4 Å². The normalized spacial score (nSPS) is 18.2. The van der Waals surface area contributed by atoms with Crippen LogP contribution in [0, 0.1) is 23.1 Å². The molecule has 0 bridgehead atoms. The van der Waals surface area contributed by atoms with E-state index in [1.807, 2.05) is 13.8 Å². The van der Waals surface area contributed by atoms with E-state index in [1.54, 1.807) is 43.4 Å². The summed E-state index contributed by atoms with van der Waals surface area (Å²) in [7, 11) is 1.58. The molecule has 3 amide bonds. The lowest BCUT2D eigenvalue weighted by molar-refractivity contribution is -0.144. The van der Waals surface area contributed by atoms with Gasteiger partial charge in [-0.05, 0) is 49.1 Å². The number of benzodiazepines with no additional fused rings is 1. The highest BCUT2D eigenvalue weighted by molar-refractivity contribution is 6.20. The first-order valence-electron chi connectivity index (χ1n) is 11.4. The number of amides is 3. The predicted molar refractivity (Wildman–Crippen MR) is 134 cm³/mol. The molecular formula is C27H31FN4O3. The Morgan fingerprint density at radius 1 is 1.17 bits per heavy atom. The van der Waals surface area contributed by atoms with Crippen LogP contribution in [0.1, 0.15) is 37.8 Å². The minimum absolute atomic E-state index is 0.0209. The number of carbonyl (C=O) groups is 3. The number of hydrogen-bond acceptors (Lipinski definition) is 4. The summed E-state index contributed by atoms with van der Waals surface area (Å²) in [5.74, 6) is -3.63. The summed E-state index contributed by atoms with van der Waals surface area (Å²) in [5.41, 5.74) is 12.1. The van der Waals surface area contributed by atoms with E-state index in [9.17, 15) is 18.8 Å². The van der Waals surface area contributed by atoms with Gasteiger partial charge in [0.25, 0.3) is 5.91 Å². The van der Waals surface area contributed by atoms with Gasteiger partial charge in [0.05, 0.1) is 22.7 Å². The second kappa shape index (κ2) is 10.2. The maximum Gasteiger partial charge on any atom is 0.252 e. The van der Waals surface area contributed by atoms with E-state index in [-0.39, 0.29) is 18.8 Å². The average Bonchev–Trinajstić information content (AvgIpc) is 2.92. The molecule has 3 rings (SSSR count). The van der Waals surface area contributed by atoms with Gasteiger partial charge in [0, 0.05) is 18.2 Å². The van der Waals surface area contributed by atoms with Gasteiger partial charge in [-0.1, -0.05) is 38.1 Å². The fourth-order valence-corrected chi connectivity index (χ4v) is 4.84. The van der Waals surface area contributed by atoms with E-state index < -0.39 is 40.9 Å². The van der Waals surface area contributed by atoms with Gasteiger partial charge in [-0.2, -0.15) is 0 Å². The molecule has 3 unspecified atom stereocenters. The van der Waals surface area contributed by atoms with E-state index in [0.717, 1.165) is 0 Å². The van der Waals surface area contributed by atoms with E-state index in [0.29, 0.717) is 22.5 Å². The Balaban J connectivity index is 2.39. The Hall–Kier alpha value is -3.81. The van der Waals surface area contributed by atoms with E-state index in [1.165, 1.54) is 23.1 Å². The molecule has 0 saturated carbocycles. The van der Waals surface area contributed by atoms with E-state index in [2.05, 4.69) is 6.58 Å². The number of allylic oxidation sites excluding steroid dienone is 1. The van der Waals surface area contributed by atoms with Crippen molar-refractivity contribution in [2.45, 2.75) is 32.7 Å². The second-order valence-corrected chi connectivity index (χ2v) is 9.28. The SMILES string of the molecule is C=CCC(C(N)=O)(C(CC(C)C)C(N)=O)C1N=C(c2ccc(F)cc2)c2ccccc2N(C)C1=O. The van der Waals surface area contributed by atoms with Crippen LogP contribution < -0.4 is 16.4 Å². The van der Waals surface area contributed by atoms with Crippen molar-refractivity contribution < 1.29 is 18.8 Å². The molecule has 1 aliphatic rings. The van der Waals surface area contributed by atoms with Gasteiger partial charge in [-0.15, -0.1) is 6.58 Å². The quantitative estimate of drug-likeness (QED) is 0.539. The monoisotopic (exact) mass is 478 g/mol. The molecule has 0 aliphatic carbocycles. The van der Waals surface area contributed by atoms with Crippen molar-refractivity contribution in [3.63, 3.8) is 0 Å². The third-order valence-electron chi connectivity index (χ3n) is 6.56. The van der Waals surface area contributed by atoms with Crippen molar-refractivity contribution in [3.8, 4) is 0 Å². The third kappa shape index (κ3) is 4.73. The summed E-state index contributed by atoms with van der Waals surface area (Å²) in [5, 5.41) is 0. The highest BCUT2D eigenvalue weighted by Crippen LogP contribution is 2.44. The number of primary amides is 2. The minimum atomic E-state index is -1.75. The number of halogens is 1. The third-order valence-corrected chi connectivity index (χ3v) is 6.56. The molecule has 1 heterocycles. The second-order valence-electron chi connectivity index (χ2n) is 9.28. The van der Waals surface area contributed by atoms with Crippen LogP contribution in [0.4, 0.5) is 10.1 Å². The highest BCUT2D eigenvalue weighted by Gasteiger charge is 2.56. The lowest BCUT2D eigenvalue weighted by Gasteiger charge is -2.41. The lowest BCUT2D eigenvalue weighted by Crippen LogP contribution is -2.59. The first-order chi connectivity index (χ1) is 16.5. The van der Waals surface area contributed by atoms with Crippen molar-refractivity contribution in [1.82, 2.24) is 0 Å². The Bertz CT molecular complexity index is 1180. The molecule has 4 N–H and O–H groups in total. The summed E-state index contributed by atoms with van der Waals surface area (Å²) < 4.78 is 13.7. The van der Waals surface area contributed by atoms with Gasteiger partial charge >= 0.3 is 0 Å².